The lowest BCUT2D eigenvalue weighted by atomic mass is 10.1. The van der Waals surface area contributed by atoms with Crippen LogP contribution in [0, 0.1) is 0 Å². The van der Waals surface area contributed by atoms with Crippen LogP contribution in [0.5, 0.6) is 0 Å². The molecule has 0 amide bonds. The van der Waals surface area contributed by atoms with Crippen LogP contribution in [0.2, 0.25) is 0 Å². The molecule has 1 aromatic rings. The molecule has 0 bridgehead atoms. The molecular formula is C16H27N3O2S. The summed E-state index contributed by atoms with van der Waals surface area (Å²) in [5, 5.41) is 0. The Morgan fingerprint density at radius 3 is 2.23 bits per heavy atom. The predicted molar refractivity (Wildman–Crippen MR) is 90.9 cm³/mol. The Kier molecular flexibility index (Phi) is 5.81. The first kappa shape index (κ1) is 17.2. The highest BCUT2D eigenvalue weighted by atomic mass is 32.2. The van der Waals surface area contributed by atoms with Gasteiger partial charge in [-0.2, -0.15) is 0 Å². The summed E-state index contributed by atoms with van der Waals surface area (Å²) in [5.41, 5.74) is 0.752. The molecule has 1 saturated heterocycles. The molecule has 0 saturated carbocycles. The van der Waals surface area contributed by atoms with Gasteiger partial charge in [-0.3, -0.25) is 4.90 Å². The Labute approximate surface area is 134 Å². The molecule has 5 nitrogen and oxygen atoms in total. The molecule has 0 N–H and O–H groups in total. The minimum atomic E-state index is -3.00. The first-order valence-electron chi connectivity index (χ1n) is 8.04. The van der Waals surface area contributed by atoms with Crippen LogP contribution in [-0.2, 0) is 15.6 Å². The maximum absolute atomic E-state index is 11.3. The van der Waals surface area contributed by atoms with E-state index in [1.54, 1.807) is 6.20 Å². The Balaban J connectivity index is 1.94. The average Bonchev–Trinajstić information content (AvgIpc) is 2.48. The van der Waals surface area contributed by atoms with Crippen LogP contribution >= 0.6 is 0 Å². The highest BCUT2D eigenvalue weighted by molar-refractivity contribution is 7.89. The van der Waals surface area contributed by atoms with E-state index >= 15 is 0 Å². The average molecular weight is 325 g/mol. The van der Waals surface area contributed by atoms with E-state index in [1.807, 2.05) is 12.1 Å². The van der Waals surface area contributed by atoms with E-state index in [2.05, 4.69) is 28.6 Å². The van der Waals surface area contributed by atoms with Crippen molar-refractivity contribution in [3.05, 3.63) is 23.9 Å². The molecule has 1 aliphatic rings. The highest BCUT2D eigenvalue weighted by Gasteiger charge is 2.22. The van der Waals surface area contributed by atoms with E-state index in [0.717, 1.165) is 37.6 Å². The maximum atomic E-state index is 11.3. The van der Waals surface area contributed by atoms with Crippen LogP contribution in [-0.4, -0.2) is 56.8 Å². The highest BCUT2D eigenvalue weighted by Crippen LogP contribution is 2.17. The molecule has 0 aromatic carbocycles. The molecule has 1 aliphatic heterocycles. The standard InChI is InChI=1S/C16H27N3O2S/c1-4-15(5-2)18-8-10-19(11-9-18)16-7-6-14(12-17-16)13-22(3,20)21/h6-7,12,15H,4-5,8-11,13H2,1-3H3. The lowest BCUT2D eigenvalue weighted by Gasteiger charge is -2.39. The fourth-order valence-electron chi connectivity index (χ4n) is 3.11. The zero-order chi connectivity index (χ0) is 16.2. The summed E-state index contributed by atoms with van der Waals surface area (Å²) in [4.78, 5) is 9.28. The van der Waals surface area contributed by atoms with Gasteiger partial charge in [0.05, 0.1) is 5.75 Å². The third-order valence-electron chi connectivity index (χ3n) is 4.34. The van der Waals surface area contributed by atoms with Gasteiger partial charge in [-0.1, -0.05) is 19.9 Å². The van der Waals surface area contributed by atoms with Crippen molar-refractivity contribution < 1.29 is 8.42 Å². The van der Waals surface area contributed by atoms with E-state index in [9.17, 15) is 8.42 Å². The van der Waals surface area contributed by atoms with E-state index in [1.165, 1.54) is 19.1 Å². The fourth-order valence-corrected chi connectivity index (χ4v) is 3.89. The first-order valence-corrected chi connectivity index (χ1v) is 10.1. The van der Waals surface area contributed by atoms with Crippen LogP contribution in [0.1, 0.15) is 32.3 Å². The molecule has 0 spiro atoms. The SMILES string of the molecule is CCC(CC)N1CCN(c2ccc(CS(C)(=O)=O)cn2)CC1. The Hall–Kier alpha value is -1.14. The topological polar surface area (TPSA) is 53.5 Å². The molecule has 0 aliphatic carbocycles. The second-order valence-electron chi connectivity index (χ2n) is 6.09. The molecule has 6 heteroatoms. The molecule has 124 valence electrons. The summed E-state index contributed by atoms with van der Waals surface area (Å²) >= 11 is 0. The van der Waals surface area contributed by atoms with E-state index in [4.69, 9.17) is 0 Å². The number of pyridine rings is 1. The van der Waals surface area contributed by atoms with Gasteiger partial charge in [-0.15, -0.1) is 0 Å². The van der Waals surface area contributed by atoms with Crippen molar-refractivity contribution in [3.8, 4) is 0 Å². The Bertz CT molecular complexity index is 560. The van der Waals surface area contributed by atoms with Gasteiger partial charge in [-0.25, -0.2) is 13.4 Å². The summed E-state index contributed by atoms with van der Waals surface area (Å²) in [6.07, 6.45) is 5.34. The van der Waals surface area contributed by atoms with E-state index in [0.29, 0.717) is 6.04 Å². The van der Waals surface area contributed by atoms with Crippen molar-refractivity contribution in [1.82, 2.24) is 9.88 Å². The van der Waals surface area contributed by atoms with Gasteiger partial charge in [0.2, 0.25) is 0 Å². The van der Waals surface area contributed by atoms with Gasteiger partial charge in [0, 0.05) is 44.7 Å². The van der Waals surface area contributed by atoms with Gasteiger partial charge >= 0.3 is 0 Å². The van der Waals surface area contributed by atoms with Gasteiger partial charge in [0.15, 0.2) is 9.84 Å². The molecule has 22 heavy (non-hydrogen) atoms. The second-order valence-corrected chi connectivity index (χ2v) is 8.23. The second kappa shape index (κ2) is 7.42. The quantitative estimate of drug-likeness (QED) is 0.800. The summed E-state index contributed by atoms with van der Waals surface area (Å²) in [6.45, 7) is 8.60. The molecule has 2 rings (SSSR count). The zero-order valence-corrected chi connectivity index (χ0v) is 14.6. The Morgan fingerprint density at radius 1 is 1.14 bits per heavy atom. The molecular weight excluding hydrogens is 298 g/mol. The third-order valence-corrected chi connectivity index (χ3v) is 5.19. The zero-order valence-electron chi connectivity index (χ0n) is 13.8. The molecule has 0 atom stereocenters. The smallest absolute Gasteiger partial charge is 0.151 e. The van der Waals surface area contributed by atoms with Crippen molar-refractivity contribution in [2.45, 2.75) is 38.5 Å². The molecule has 0 radical (unpaired) electrons. The summed E-state index contributed by atoms with van der Waals surface area (Å²) in [6, 6.07) is 4.50. The van der Waals surface area contributed by atoms with Crippen molar-refractivity contribution in [2.75, 3.05) is 37.3 Å². The third kappa shape index (κ3) is 4.68. The number of rotatable bonds is 6. The molecule has 0 unspecified atom stereocenters. The van der Waals surface area contributed by atoms with Crippen molar-refractivity contribution >= 4 is 15.7 Å². The minimum absolute atomic E-state index is 0.0583. The van der Waals surface area contributed by atoms with Crippen LogP contribution in [0.25, 0.3) is 0 Å². The van der Waals surface area contributed by atoms with E-state index in [-0.39, 0.29) is 5.75 Å². The van der Waals surface area contributed by atoms with Gasteiger partial charge in [0.25, 0.3) is 0 Å². The van der Waals surface area contributed by atoms with Gasteiger partial charge < -0.3 is 4.90 Å². The number of aromatic nitrogens is 1. The largest absolute Gasteiger partial charge is 0.354 e. The first-order chi connectivity index (χ1) is 10.4. The maximum Gasteiger partial charge on any atom is 0.151 e. The number of hydrogen-bond acceptors (Lipinski definition) is 5. The number of hydrogen-bond donors (Lipinski definition) is 0. The summed E-state index contributed by atoms with van der Waals surface area (Å²) in [7, 11) is -3.00. The lowest BCUT2D eigenvalue weighted by molar-refractivity contribution is 0.175. The van der Waals surface area contributed by atoms with E-state index < -0.39 is 9.84 Å². The van der Waals surface area contributed by atoms with Crippen LogP contribution in [0.15, 0.2) is 18.3 Å². The number of nitrogens with zero attached hydrogens (tertiary/aromatic N) is 3. The summed E-state index contributed by atoms with van der Waals surface area (Å²) < 4.78 is 22.6. The molecule has 1 aromatic heterocycles. The number of piperazine rings is 1. The van der Waals surface area contributed by atoms with Crippen LogP contribution < -0.4 is 4.90 Å². The van der Waals surface area contributed by atoms with Crippen molar-refractivity contribution in [1.29, 1.82) is 0 Å². The van der Waals surface area contributed by atoms with Crippen molar-refractivity contribution in [3.63, 3.8) is 0 Å². The minimum Gasteiger partial charge on any atom is -0.354 e. The van der Waals surface area contributed by atoms with Gasteiger partial charge in [0.1, 0.15) is 5.82 Å². The van der Waals surface area contributed by atoms with Gasteiger partial charge in [-0.05, 0) is 24.5 Å². The number of anilines is 1. The van der Waals surface area contributed by atoms with Crippen molar-refractivity contribution in [2.24, 2.45) is 0 Å². The lowest BCUT2D eigenvalue weighted by Crippen LogP contribution is -2.50. The normalized spacial score (nSPS) is 17.2. The van der Waals surface area contributed by atoms with Crippen LogP contribution in [0.3, 0.4) is 0 Å². The fraction of sp³-hybridized carbons (Fsp3) is 0.688. The molecule has 2 heterocycles. The number of sulfone groups is 1. The van der Waals surface area contributed by atoms with Crippen LogP contribution in [0.4, 0.5) is 5.82 Å². The molecule has 1 fully saturated rings. The summed E-state index contributed by atoms with van der Waals surface area (Å²) in [5.74, 6) is 1.00. The monoisotopic (exact) mass is 325 g/mol. The Morgan fingerprint density at radius 2 is 1.77 bits per heavy atom. The predicted octanol–water partition coefficient (Wildman–Crippen LogP) is 1.94.